The van der Waals surface area contributed by atoms with Gasteiger partial charge in [0.2, 0.25) is 0 Å². The van der Waals surface area contributed by atoms with Crippen LogP contribution in [-0.2, 0) is 0 Å². The lowest BCUT2D eigenvalue weighted by Crippen LogP contribution is -1.89. The van der Waals surface area contributed by atoms with Gasteiger partial charge >= 0.3 is 0 Å². The molecule has 0 bridgehead atoms. The molecule has 0 spiro atoms. The number of anilines is 1. The molecule has 0 aliphatic heterocycles. The molecule has 2 heteroatoms. The third-order valence-corrected chi connectivity index (χ3v) is 3.49. The first kappa shape index (κ1) is 13.3. The second-order valence-corrected chi connectivity index (χ2v) is 4.94. The molecular formula is C19H17NO. The first-order valence-corrected chi connectivity index (χ1v) is 6.87. The fraction of sp³-hybridized carbons (Fsp3) is 0.0526. The lowest BCUT2D eigenvalue weighted by atomic mass is 9.98. The van der Waals surface area contributed by atoms with Crippen molar-refractivity contribution in [3.05, 3.63) is 72.8 Å². The van der Waals surface area contributed by atoms with Crippen molar-refractivity contribution in [1.82, 2.24) is 0 Å². The van der Waals surface area contributed by atoms with Crippen molar-refractivity contribution >= 4 is 5.69 Å². The molecule has 0 atom stereocenters. The Balaban J connectivity index is 2.05. The van der Waals surface area contributed by atoms with E-state index in [1.807, 2.05) is 54.6 Å². The van der Waals surface area contributed by atoms with Crippen LogP contribution < -0.4 is 10.5 Å². The molecule has 0 aliphatic carbocycles. The van der Waals surface area contributed by atoms with E-state index in [9.17, 15) is 0 Å². The predicted molar refractivity (Wildman–Crippen MR) is 88.3 cm³/mol. The molecule has 0 aromatic heterocycles. The Morgan fingerprint density at radius 2 is 1.24 bits per heavy atom. The minimum atomic E-state index is 0.766. The fourth-order valence-corrected chi connectivity index (χ4v) is 2.40. The molecule has 0 heterocycles. The van der Waals surface area contributed by atoms with E-state index >= 15 is 0 Å². The van der Waals surface area contributed by atoms with E-state index in [-0.39, 0.29) is 0 Å². The van der Waals surface area contributed by atoms with Gasteiger partial charge in [0.25, 0.3) is 0 Å². The number of benzene rings is 3. The van der Waals surface area contributed by atoms with Gasteiger partial charge in [0.1, 0.15) is 5.75 Å². The molecule has 104 valence electrons. The van der Waals surface area contributed by atoms with Crippen LogP contribution in [0.3, 0.4) is 0 Å². The summed E-state index contributed by atoms with van der Waals surface area (Å²) in [7, 11) is 1.67. The quantitative estimate of drug-likeness (QED) is 0.708. The zero-order chi connectivity index (χ0) is 14.7. The summed E-state index contributed by atoms with van der Waals surface area (Å²) in [6.07, 6.45) is 0. The van der Waals surface area contributed by atoms with Gasteiger partial charge in [-0.3, -0.25) is 0 Å². The van der Waals surface area contributed by atoms with Crippen molar-refractivity contribution in [2.24, 2.45) is 0 Å². The minimum absolute atomic E-state index is 0.766. The van der Waals surface area contributed by atoms with Crippen LogP contribution in [0.15, 0.2) is 72.8 Å². The predicted octanol–water partition coefficient (Wildman–Crippen LogP) is 4.61. The van der Waals surface area contributed by atoms with E-state index < -0.39 is 0 Å². The minimum Gasteiger partial charge on any atom is -0.497 e. The summed E-state index contributed by atoms with van der Waals surface area (Å²) in [4.78, 5) is 0. The molecule has 2 N–H and O–H groups in total. The van der Waals surface area contributed by atoms with Crippen LogP contribution in [0.25, 0.3) is 22.3 Å². The van der Waals surface area contributed by atoms with Crippen LogP contribution in [0.5, 0.6) is 5.75 Å². The molecule has 0 saturated heterocycles. The SMILES string of the molecule is COc1ccc(-c2cc(N)cc(-c3ccccc3)c2)cc1. The number of nitrogens with two attached hydrogens (primary N) is 1. The number of nitrogen functional groups attached to an aromatic ring is 1. The zero-order valence-corrected chi connectivity index (χ0v) is 11.9. The molecule has 2 nitrogen and oxygen atoms in total. The highest BCUT2D eigenvalue weighted by Gasteiger charge is 2.04. The summed E-state index contributed by atoms with van der Waals surface area (Å²) in [6, 6.07) is 24.4. The summed E-state index contributed by atoms with van der Waals surface area (Å²) in [5.41, 5.74) is 11.4. The van der Waals surface area contributed by atoms with Gasteiger partial charge in [-0.2, -0.15) is 0 Å². The summed E-state index contributed by atoms with van der Waals surface area (Å²) >= 11 is 0. The Kier molecular flexibility index (Phi) is 3.61. The number of hydrogen-bond donors (Lipinski definition) is 1. The molecule has 0 saturated carbocycles. The topological polar surface area (TPSA) is 35.2 Å². The molecule has 3 rings (SSSR count). The number of ether oxygens (including phenoxy) is 1. The fourth-order valence-electron chi connectivity index (χ4n) is 2.40. The Morgan fingerprint density at radius 1 is 0.667 bits per heavy atom. The van der Waals surface area contributed by atoms with Crippen molar-refractivity contribution in [2.75, 3.05) is 12.8 Å². The highest BCUT2D eigenvalue weighted by Crippen LogP contribution is 2.30. The number of hydrogen-bond acceptors (Lipinski definition) is 2. The Hall–Kier alpha value is -2.74. The third-order valence-electron chi connectivity index (χ3n) is 3.49. The van der Waals surface area contributed by atoms with E-state index in [0.29, 0.717) is 0 Å². The summed E-state index contributed by atoms with van der Waals surface area (Å²) in [5, 5.41) is 0. The average molecular weight is 275 g/mol. The first-order valence-electron chi connectivity index (χ1n) is 6.87. The molecule has 0 fully saturated rings. The van der Waals surface area contributed by atoms with Crippen LogP contribution in [0, 0.1) is 0 Å². The third kappa shape index (κ3) is 2.90. The van der Waals surface area contributed by atoms with Gasteiger partial charge in [-0.05, 0) is 52.6 Å². The van der Waals surface area contributed by atoms with Gasteiger partial charge in [-0.25, -0.2) is 0 Å². The van der Waals surface area contributed by atoms with Crippen molar-refractivity contribution in [3.63, 3.8) is 0 Å². The Labute approximate surface area is 124 Å². The van der Waals surface area contributed by atoms with Crippen LogP contribution in [-0.4, -0.2) is 7.11 Å². The van der Waals surface area contributed by atoms with Crippen LogP contribution in [0.1, 0.15) is 0 Å². The Morgan fingerprint density at radius 3 is 1.81 bits per heavy atom. The summed E-state index contributed by atoms with van der Waals surface area (Å²) < 4.78 is 5.20. The van der Waals surface area contributed by atoms with Crippen LogP contribution >= 0.6 is 0 Å². The van der Waals surface area contributed by atoms with E-state index in [4.69, 9.17) is 10.5 Å². The maximum atomic E-state index is 6.07. The van der Waals surface area contributed by atoms with Gasteiger partial charge in [0.15, 0.2) is 0 Å². The summed E-state index contributed by atoms with van der Waals surface area (Å²) in [6.45, 7) is 0. The molecule has 3 aromatic carbocycles. The lowest BCUT2D eigenvalue weighted by Gasteiger charge is -2.09. The molecule has 0 radical (unpaired) electrons. The lowest BCUT2D eigenvalue weighted by molar-refractivity contribution is 0.415. The van der Waals surface area contributed by atoms with Crippen molar-refractivity contribution < 1.29 is 4.74 Å². The molecule has 3 aromatic rings. The normalized spacial score (nSPS) is 10.3. The first-order chi connectivity index (χ1) is 10.3. The summed E-state index contributed by atoms with van der Waals surface area (Å²) in [5.74, 6) is 0.853. The van der Waals surface area contributed by atoms with Gasteiger partial charge in [-0.1, -0.05) is 42.5 Å². The molecule has 0 aliphatic rings. The van der Waals surface area contributed by atoms with Gasteiger partial charge in [-0.15, -0.1) is 0 Å². The second kappa shape index (κ2) is 5.71. The van der Waals surface area contributed by atoms with Gasteiger partial charge < -0.3 is 10.5 Å². The average Bonchev–Trinajstić information content (AvgIpc) is 2.55. The number of rotatable bonds is 3. The maximum Gasteiger partial charge on any atom is 0.118 e. The highest BCUT2D eigenvalue weighted by atomic mass is 16.5. The van der Waals surface area contributed by atoms with Crippen molar-refractivity contribution in [3.8, 4) is 28.0 Å². The van der Waals surface area contributed by atoms with E-state index in [0.717, 1.165) is 28.1 Å². The zero-order valence-electron chi connectivity index (χ0n) is 11.9. The largest absolute Gasteiger partial charge is 0.497 e. The molecular weight excluding hydrogens is 258 g/mol. The number of methoxy groups -OCH3 is 1. The van der Waals surface area contributed by atoms with Crippen LogP contribution in [0.2, 0.25) is 0 Å². The van der Waals surface area contributed by atoms with E-state index in [1.54, 1.807) is 7.11 Å². The van der Waals surface area contributed by atoms with Crippen LogP contribution in [0.4, 0.5) is 5.69 Å². The van der Waals surface area contributed by atoms with Crippen molar-refractivity contribution in [1.29, 1.82) is 0 Å². The molecule has 0 unspecified atom stereocenters. The molecule has 0 amide bonds. The Bertz CT molecular complexity index is 733. The standard InChI is InChI=1S/C19H17NO/c1-21-19-9-7-15(8-10-19)17-11-16(12-18(20)13-17)14-5-3-2-4-6-14/h2-13H,20H2,1H3. The maximum absolute atomic E-state index is 6.07. The van der Waals surface area contributed by atoms with E-state index in [1.165, 1.54) is 5.56 Å². The molecule has 21 heavy (non-hydrogen) atoms. The van der Waals surface area contributed by atoms with Gasteiger partial charge in [0.05, 0.1) is 7.11 Å². The second-order valence-electron chi connectivity index (χ2n) is 4.94. The van der Waals surface area contributed by atoms with Gasteiger partial charge in [0, 0.05) is 5.69 Å². The van der Waals surface area contributed by atoms with Crippen molar-refractivity contribution in [2.45, 2.75) is 0 Å². The highest BCUT2D eigenvalue weighted by molar-refractivity contribution is 5.77. The smallest absolute Gasteiger partial charge is 0.118 e. The van der Waals surface area contributed by atoms with E-state index in [2.05, 4.69) is 18.2 Å². The monoisotopic (exact) mass is 275 g/mol.